The number of hydrogen-bond donors (Lipinski definition) is 1. The molecule has 0 aromatic heterocycles. The molecular weight excluding hydrogens is 254 g/mol. The van der Waals surface area contributed by atoms with Crippen LogP contribution in [-0.2, 0) is 9.59 Å². The zero-order chi connectivity index (χ0) is 13.3. The number of benzene rings is 1. The number of carbonyl (C=O) groups excluding carboxylic acids is 1. The van der Waals surface area contributed by atoms with Crippen LogP contribution in [0.2, 0.25) is 5.02 Å². The third-order valence-electron chi connectivity index (χ3n) is 3.30. The predicted octanol–water partition coefficient (Wildman–Crippen LogP) is 2.33. The van der Waals surface area contributed by atoms with Gasteiger partial charge in [0.05, 0.1) is 12.0 Å². The molecule has 18 heavy (non-hydrogen) atoms. The lowest BCUT2D eigenvalue weighted by Gasteiger charge is -2.26. The molecule has 96 valence electrons. The van der Waals surface area contributed by atoms with Crippen LogP contribution in [-0.4, -0.2) is 28.4 Å². The van der Waals surface area contributed by atoms with Crippen molar-refractivity contribution in [2.75, 3.05) is 6.54 Å². The van der Waals surface area contributed by atoms with Crippen LogP contribution in [0.1, 0.15) is 24.9 Å². The smallest absolute Gasteiger partial charge is 0.309 e. The molecule has 0 saturated carbocycles. The van der Waals surface area contributed by atoms with E-state index < -0.39 is 17.9 Å². The largest absolute Gasteiger partial charge is 0.481 e. The van der Waals surface area contributed by atoms with Gasteiger partial charge in [-0.05, 0) is 24.6 Å². The van der Waals surface area contributed by atoms with E-state index in [1.54, 1.807) is 29.2 Å². The van der Waals surface area contributed by atoms with E-state index in [-0.39, 0.29) is 12.3 Å². The van der Waals surface area contributed by atoms with Gasteiger partial charge in [-0.15, -0.1) is 0 Å². The molecule has 0 aliphatic carbocycles. The number of likely N-dealkylation sites (tertiary alicyclic amines) is 1. The molecule has 1 aromatic carbocycles. The highest BCUT2D eigenvalue weighted by Gasteiger charge is 2.43. The second-order valence-electron chi connectivity index (χ2n) is 4.32. The Hall–Kier alpha value is -1.55. The maximum atomic E-state index is 11.8. The first-order valence-electron chi connectivity index (χ1n) is 5.82. The number of halogens is 1. The van der Waals surface area contributed by atoms with Crippen LogP contribution in [0.25, 0.3) is 0 Å². The van der Waals surface area contributed by atoms with E-state index in [0.717, 1.165) is 5.56 Å². The first kappa shape index (κ1) is 12.9. The van der Waals surface area contributed by atoms with E-state index in [0.29, 0.717) is 11.6 Å². The number of nitrogens with zero attached hydrogens (tertiary/aromatic N) is 1. The van der Waals surface area contributed by atoms with Gasteiger partial charge in [0.25, 0.3) is 0 Å². The number of carboxylic acids is 1. The molecule has 0 radical (unpaired) electrons. The number of aliphatic carboxylic acids is 1. The Bertz CT molecular complexity index is 472. The lowest BCUT2D eigenvalue weighted by molar-refractivity contribution is -0.142. The van der Waals surface area contributed by atoms with Gasteiger partial charge in [-0.2, -0.15) is 0 Å². The third kappa shape index (κ3) is 2.20. The van der Waals surface area contributed by atoms with Gasteiger partial charge in [0.1, 0.15) is 0 Å². The van der Waals surface area contributed by atoms with Crippen LogP contribution in [0.3, 0.4) is 0 Å². The van der Waals surface area contributed by atoms with Gasteiger partial charge < -0.3 is 10.0 Å². The fourth-order valence-corrected chi connectivity index (χ4v) is 2.58. The maximum absolute atomic E-state index is 11.8. The SMILES string of the molecule is CCN1C(=O)C[C@H](C(=O)O)[C@H]1c1ccc(Cl)cc1. The van der Waals surface area contributed by atoms with Crippen molar-refractivity contribution in [1.82, 2.24) is 4.90 Å². The van der Waals surface area contributed by atoms with Crippen LogP contribution >= 0.6 is 11.6 Å². The van der Waals surface area contributed by atoms with E-state index >= 15 is 0 Å². The number of carbonyl (C=O) groups is 2. The molecule has 0 unspecified atom stereocenters. The summed E-state index contributed by atoms with van der Waals surface area (Å²) >= 11 is 5.82. The highest BCUT2D eigenvalue weighted by atomic mass is 35.5. The zero-order valence-corrected chi connectivity index (χ0v) is 10.7. The highest BCUT2D eigenvalue weighted by molar-refractivity contribution is 6.30. The molecule has 1 aliphatic rings. The van der Waals surface area contributed by atoms with E-state index in [1.807, 2.05) is 6.92 Å². The Balaban J connectivity index is 2.39. The summed E-state index contributed by atoms with van der Waals surface area (Å²) < 4.78 is 0. The molecule has 4 nitrogen and oxygen atoms in total. The monoisotopic (exact) mass is 267 g/mol. The van der Waals surface area contributed by atoms with Crippen molar-refractivity contribution < 1.29 is 14.7 Å². The van der Waals surface area contributed by atoms with Crippen molar-refractivity contribution in [2.24, 2.45) is 5.92 Å². The zero-order valence-electron chi connectivity index (χ0n) is 9.97. The van der Waals surface area contributed by atoms with Crippen molar-refractivity contribution in [3.05, 3.63) is 34.9 Å². The molecule has 5 heteroatoms. The third-order valence-corrected chi connectivity index (χ3v) is 3.55. The summed E-state index contributed by atoms with van der Waals surface area (Å²) in [5.74, 6) is -1.72. The standard InChI is InChI=1S/C13H14ClNO3/c1-2-15-11(16)7-10(13(17)18)12(15)8-3-5-9(14)6-4-8/h3-6,10,12H,2,7H2,1H3,(H,17,18)/t10-,12+/m0/s1. The molecule has 1 heterocycles. The predicted molar refractivity (Wildman–Crippen MR) is 67.3 cm³/mol. The molecule has 2 atom stereocenters. The molecule has 1 saturated heterocycles. The normalized spacial score (nSPS) is 23.4. The van der Waals surface area contributed by atoms with E-state index in [1.165, 1.54) is 0 Å². The Morgan fingerprint density at radius 1 is 1.44 bits per heavy atom. The fraction of sp³-hybridized carbons (Fsp3) is 0.385. The quantitative estimate of drug-likeness (QED) is 0.914. The number of rotatable bonds is 3. The Morgan fingerprint density at radius 3 is 2.56 bits per heavy atom. The summed E-state index contributed by atoms with van der Waals surface area (Å²) in [5.41, 5.74) is 0.819. The summed E-state index contributed by atoms with van der Waals surface area (Å²) in [7, 11) is 0. The highest BCUT2D eigenvalue weighted by Crippen LogP contribution is 2.38. The summed E-state index contributed by atoms with van der Waals surface area (Å²) in [6.07, 6.45) is 0.0659. The van der Waals surface area contributed by atoms with Gasteiger partial charge in [0, 0.05) is 18.0 Å². The Labute approximate surface area is 110 Å². The van der Waals surface area contributed by atoms with Gasteiger partial charge in [-0.25, -0.2) is 0 Å². The minimum Gasteiger partial charge on any atom is -0.481 e. The van der Waals surface area contributed by atoms with Crippen LogP contribution in [0.5, 0.6) is 0 Å². The van der Waals surface area contributed by atoms with E-state index in [9.17, 15) is 14.7 Å². The Morgan fingerprint density at radius 2 is 2.06 bits per heavy atom. The average molecular weight is 268 g/mol. The van der Waals surface area contributed by atoms with E-state index in [4.69, 9.17) is 11.6 Å². The second kappa shape index (κ2) is 4.98. The fourth-order valence-electron chi connectivity index (χ4n) is 2.46. The van der Waals surface area contributed by atoms with Crippen LogP contribution < -0.4 is 0 Å². The molecule has 0 bridgehead atoms. The van der Waals surface area contributed by atoms with Crippen molar-refractivity contribution in [3.8, 4) is 0 Å². The van der Waals surface area contributed by atoms with Crippen molar-refractivity contribution in [3.63, 3.8) is 0 Å². The summed E-state index contributed by atoms with van der Waals surface area (Å²) in [5, 5.41) is 9.82. The molecule has 2 rings (SSSR count). The van der Waals surface area contributed by atoms with Crippen molar-refractivity contribution in [1.29, 1.82) is 0 Å². The first-order chi connectivity index (χ1) is 8.54. The molecule has 1 aliphatic heterocycles. The van der Waals surface area contributed by atoms with Crippen molar-refractivity contribution >= 4 is 23.5 Å². The van der Waals surface area contributed by atoms with Gasteiger partial charge in [0.2, 0.25) is 5.91 Å². The van der Waals surface area contributed by atoms with Crippen molar-refractivity contribution in [2.45, 2.75) is 19.4 Å². The summed E-state index contributed by atoms with van der Waals surface area (Å²) in [6, 6.07) is 6.60. The molecule has 0 spiro atoms. The number of carboxylic acid groups (broad SMARTS) is 1. The number of amides is 1. The van der Waals surface area contributed by atoms with Gasteiger partial charge in [-0.1, -0.05) is 23.7 Å². The van der Waals surface area contributed by atoms with Crippen LogP contribution in [0.15, 0.2) is 24.3 Å². The molecule has 1 aromatic rings. The minimum atomic E-state index is -0.931. The average Bonchev–Trinajstić information content (AvgIpc) is 2.67. The number of hydrogen-bond acceptors (Lipinski definition) is 2. The summed E-state index contributed by atoms with van der Waals surface area (Å²) in [6.45, 7) is 2.36. The lowest BCUT2D eigenvalue weighted by Crippen LogP contribution is -2.30. The molecule has 1 fully saturated rings. The first-order valence-corrected chi connectivity index (χ1v) is 6.20. The minimum absolute atomic E-state index is 0.0659. The van der Waals surface area contributed by atoms with Gasteiger partial charge in [0.15, 0.2) is 0 Å². The summed E-state index contributed by atoms with van der Waals surface area (Å²) in [4.78, 5) is 24.7. The van der Waals surface area contributed by atoms with Crippen LogP contribution in [0, 0.1) is 5.92 Å². The van der Waals surface area contributed by atoms with E-state index in [2.05, 4.69) is 0 Å². The van der Waals surface area contributed by atoms with Crippen LogP contribution in [0.4, 0.5) is 0 Å². The molecular formula is C13H14ClNO3. The molecule has 1 amide bonds. The van der Waals surface area contributed by atoms with Gasteiger partial charge in [-0.3, -0.25) is 9.59 Å². The second-order valence-corrected chi connectivity index (χ2v) is 4.76. The Kier molecular flexibility index (Phi) is 3.57. The van der Waals surface area contributed by atoms with Gasteiger partial charge >= 0.3 is 5.97 Å². The topological polar surface area (TPSA) is 57.6 Å². The maximum Gasteiger partial charge on any atom is 0.309 e. The lowest BCUT2D eigenvalue weighted by atomic mass is 9.94. The molecule has 1 N–H and O–H groups in total.